The third-order valence-corrected chi connectivity index (χ3v) is 1.48. The van der Waals surface area contributed by atoms with Gasteiger partial charge in [0.15, 0.2) is 0 Å². The van der Waals surface area contributed by atoms with E-state index >= 15 is 0 Å². The number of nitrogens with one attached hydrogen (secondary N) is 1. The molecule has 0 saturated heterocycles. The van der Waals surface area contributed by atoms with Gasteiger partial charge in [-0.2, -0.15) is 0 Å². The molecule has 3 heteroatoms. The van der Waals surface area contributed by atoms with Gasteiger partial charge in [-0.25, -0.2) is 4.98 Å². The van der Waals surface area contributed by atoms with Crippen LogP contribution < -0.4 is 39.5 Å². The fraction of sp³-hybridized carbons (Fsp3) is 0.0909. The Morgan fingerprint density at radius 1 is 1.21 bits per heavy atom. The molecule has 0 unspecified atom stereocenters. The Hall–Kier alpha value is -0.970. The number of rotatable bonds is 0. The van der Waals surface area contributed by atoms with E-state index in [1.165, 1.54) is 0 Å². The third kappa shape index (κ3) is 4.91. The summed E-state index contributed by atoms with van der Waals surface area (Å²) < 4.78 is 0. The summed E-state index contributed by atoms with van der Waals surface area (Å²) in [6, 6.07) is 7.59. The summed E-state index contributed by atoms with van der Waals surface area (Å²) in [5.74, 6) is 0.811. The number of nitrogens with zero attached hydrogens (tertiary/aromatic N) is 1. The lowest BCUT2D eigenvalue weighted by atomic mass is 10.4. The maximum absolute atomic E-state index is 4.15. The smallest absolute Gasteiger partial charge is 0.293 e. The van der Waals surface area contributed by atoms with Crippen molar-refractivity contribution in [3.63, 3.8) is 0 Å². The third-order valence-electron chi connectivity index (χ3n) is 1.48. The average molecular weight is 300 g/mol. The lowest BCUT2D eigenvalue weighted by molar-refractivity contribution is -0.407. The number of hydrogen-bond acceptors (Lipinski definition) is 1. The molecule has 0 fully saturated rings. The molecule has 1 rings (SSSR count). The molecule has 1 heterocycles. The van der Waals surface area contributed by atoms with Crippen LogP contribution in [0, 0.1) is 6.92 Å². The topological polar surface area (TPSA) is 27.0 Å². The van der Waals surface area contributed by atoms with Gasteiger partial charge < -0.3 is 24.0 Å². The first-order valence-corrected chi connectivity index (χ1v) is 4.05. The van der Waals surface area contributed by atoms with Crippen molar-refractivity contribution in [3.8, 4) is 0 Å². The molecular weight excluding hydrogens is 287 g/mol. The van der Waals surface area contributed by atoms with E-state index in [1.807, 2.05) is 31.2 Å². The predicted octanol–water partition coefficient (Wildman–Crippen LogP) is -2.85. The van der Waals surface area contributed by atoms with E-state index in [-0.39, 0.29) is 24.0 Å². The van der Waals surface area contributed by atoms with Crippen molar-refractivity contribution >= 4 is 13.2 Å². The van der Waals surface area contributed by atoms with Gasteiger partial charge in [0.1, 0.15) is 11.5 Å². The van der Waals surface area contributed by atoms with E-state index in [1.54, 1.807) is 6.20 Å². The minimum Gasteiger partial charge on any atom is -1.00 e. The molecule has 0 aliphatic carbocycles. The summed E-state index contributed by atoms with van der Waals surface area (Å²) in [5, 5.41) is 1.70. The number of halogens is 1. The summed E-state index contributed by atoms with van der Waals surface area (Å²) in [6.07, 6.45) is 1.71. The molecule has 0 saturated carbocycles. The number of hydrogen-bond donors (Lipinski definition) is 0. The van der Waals surface area contributed by atoms with Crippen LogP contribution in [0.25, 0.3) is 13.2 Å². The van der Waals surface area contributed by atoms with Crippen LogP contribution in [0.1, 0.15) is 5.82 Å². The van der Waals surface area contributed by atoms with Crippen LogP contribution in [0.5, 0.6) is 0 Å². The largest absolute Gasteiger partial charge is 1.00 e. The zero-order valence-electron chi connectivity index (χ0n) is 8.13. The first kappa shape index (κ1) is 13.0. The zero-order valence-corrected chi connectivity index (χ0v) is 10.3. The predicted molar refractivity (Wildman–Crippen MR) is 53.5 cm³/mol. The molecule has 1 aromatic heterocycles. The highest BCUT2D eigenvalue weighted by Crippen LogP contribution is 1.68. The van der Waals surface area contributed by atoms with Crippen LogP contribution in [0.4, 0.5) is 0 Å². The van der Waals surface area contributed by atoms with Gasteiger partial charge in [0, 0.05) is 12.1 Å². The van der Waals surface area contributed by atoms with Crippen molar-refractivity contribution in [2.45, 2.75) is 6.92 Å². The van der Waals surface area contributed by atoms with E-state index < -0.39 is 0 Å². The van der Waals surface area contributed by atoms with Crippen LogP contribution in [0.2, 0.25) is 0 Å². The SMILES string of the molecule is C=c1ccccc(=C)[nH+]c(C)nc1.[I-]. The summed E-state index contributed by atoms with van der Waals surface area (Å²) in [5.41, 5.74) is 0. The molecule has 0 radical (unpaired) electrons. The van der Waals surface area contributed by atoms with E-state index in [2.05, 4.69) is 23.1 Å². The lowest BCUT2D eigenvalue weighted by Gasteiger charge is -1.75. The van der Waals surface area contributed by atoms with Gasteiger partial charge >= 0.3 is 0 Å². The Bertz CT molecular complexity index is 442. The van der Waals surface area contributed by atoms with Crippen molar-refractivity contribution in [2.75, 3.05) is 0 Å². The van der Waals surface area contributed by atoms with Gasteiger partial charge in [-0.3, -0.25) is 0 Å². The van der Waals surface area contributed by atoms with E-state index in [0.717, 1.165) is 16.4 Å². The highest BCUT2D eigenvalue weighted by Gasteiger charge is 1.86. The summed E-state index contributed by atoms with van der Waals surface area (Å²) in [7, 11) is 0. The Morgan fingerprint density at radius 2 is 1.86 bits per heavy atom. The van der Waals surface area contributed by atoms with Gasteiger partial charge in [-0.15, -0.1) is 0 Å². The molecule has 2 nitrogen and oxygen atoms in total. The minimum atomic E-state index is 0. The summed E-state index contributed by atoms with van der Waals surface area (Å²) in [6.45, 7) is 9.50. The number of aromatic nitrogens is 2. The monoisotopic (exact) mass is 300 g/mol. The molecule has 0 aliphatic heterocycles. The fourth-order valence-corrected chi connectivity index (χ4v) is 0.880. The van der Waals surface area contributed by atoms with Crippen LogP contribution in [0.3, 0.4) is 0 Å². The molecule has 0 aromatic carbocycles. The molecule has 1 aromatic rings. The maximum atomic E-state index is 4.15. The van der Waals surface area contributed by atoms with Crippen LogP contribution >= 0.6 is 0 Å². The number of aromatic amines is 1. The van der Waals surface area contributed by atoms with Crippen LogP contribution in [-0.4, -0.2) is 4.98 Å². The van der Waals surface area contributed by atoms with Crippen LogP contribution in [0.15, 0.2) is 30.5 Å². The normalized spacial score (nSPS) is 8.36. The highest BCUT2D eigenvalue weighted by molar-refractivity contribution is 5.02. The van der Waals surface area contributed by atoms with E-state index in [0.29, 0.717) is 0 Å². The molecule has 0 atom stereocenters. The van der Waals surface area contributed by atoms with Gasteiger partial charge in [0.25, 0.3) is 5.82 Å². The van der Waals surface area contributed by atoms with Crippen molar-refractivity contribution < 1.29 is 29.0 Å². The molecular formula is C11H13IN2. The van der Waals surface area contributed by atoms with Crippen molar-refractivity contribution in [2.24, 2.45) is 0 Å². The van der Waals surface area contributed by atoms with Crippen molar-refractivity contribution in [3.05, 3.63) is 46.9 Å². The fourth-order valence-electron chi connectivity index (χ4n) is 0.880. The molecule has 14 heavy (non-hydrogen) atoms. The molecule has 74 valence electrons. The minimum absolute atomic E-state index is 0. The van der Waals surface area contributed by atoms with Gasteiger partial charge in [0.2, 0.25) is 0 Å². The first-order chi connectivity index (χ1) is 6.18. The van der Waals surface area contributed by atoms with E-state index in [9.17, 15) is 0 Å². The average Bonchev–Trinajstić information content (AvgIpc) is 2.08. The molecule has 0 spiro atoms. The molecule has 0 bridgehead atoms. The highest BCUT2D eigenvalue weighted by atomic mass is 127. The van der Waals surface area contributed by atoms with Gasteiger partial charge in [-0.1, -0.05) is 36.3 Å². The van der Waals surface area contributed by atoms with Gasteiger partial charge in [-0.05, 0) is 6.07 Å². The first-order valence-electron chi connectivity index (χ1n) is 4.05. The summed E-state index contributed by atoms with van der Waals surface area (Å²) in [4.78, 5) is 7.18. The van der Waals surface area contributed by atoms with E-state index in [4.69, 9.17) is 0 Å². The molecule has 0 amide bonds. The Kier molecular flexibility index (Phi) is 6.03. The maximum Gasteiger partial charge on any atom is 0.293 e. The quantitative estimate of drug-likeness (QED) is 0.474. The van der Waals surface area contributed by atoms with Crippen molar-refractivity contribution in [1.82, 2.24) is 4.98 Å². The standard InChI is InChI=1S/C11H12N2.HI/c1-9-6-4-5-7-10(2)13-11(3)12-8-9;/h4-8H,1-2H2,3H3;1H. The van der Waals surface area contributed by atoms with Gasteiger partial charge in [0.05, 0.1) is 0 Å². The van der Waals surface area contributed by atoms with Crippen LogP contribution in [-0.2, 0) is 0 Å². The number of aryl methyl sites for hydroxylation is 1. The lowest BCUT2D eigenvalue weighted by Crippen LogP contribution is -3.00. The molecule has 1 N–H and O–H groups in total. The Morgan fingerprint density at radius 3 is 2.57 bits per heavy atom. The van der Waals surface area contributed by atoms with Crippen molar-refractivity contribution in [1.29, 1.82) is 0 Å². The zero-order chi connectivity index (χ0) is 9.68. The second kappa shape index (κ2) is 6.48. The number of H-pyrrole nitrogens is 1. The summed E-state index contributed by atoms with van der Waals surface area (Å²) >= 11 is 0. The second-order valence-electron chi connectivity index (χ2n) is 2.79. The molecule has 0 aliphatic rings. The Balaban J connectivity index is 0.00000169. The Labute approximate surface area is 101 Å². The second-order valence-corrected chi connectivity index (χ2v) is 2.79.